The highest BCUT2D eigenvalue weighted by Crippen LogP contribution is 2.31. The summed E-state index contributed by atoms with van der Waals surface area (Å²) in [4.78, 5) is 27.8. The normalized spacial score (nSPS) is 24.7. The number of likely N-dealkylation sites (tertiary alicyclic amines) is 1. The van der Waals surface area contributed by atoms with Gasteiger partial charge < -0.3 is 29.4 Å². The molecule has 0 aromatic heterocycles. The molecule has 8 heteroatoms. The molecule has 8 nitrogen and oxygen atoms in total. The molecule has 0 aliphatic carbocycles. The van der Waals surface area contributed by atoms with Gasteiger partial charge in [0, 0.05) is 46.4 Å². The molecule has 1 atom stereocenters. The van der Waals surface area contributed by atoms with E-state index in [0.29, 0.717) is 30.0 Å². The molecule has 1 aromatic carbocycles. The van der Waals surface area contributed by atoms with E-state index >= 15 is 0 Å². The lowest BCUT2D eigenvalue weighted by Gasteiger charge is -2.38. The Morgan fingerprint density at radius 1 is 1.03 bits per heavy atom. The van der Waals surface area contributed by atoms with Crippen LogP contribution >= 0.6 is 0 Å². The van der Waals surface area contributed by atoms with Crippen molar-refractivity contribution in [3.63, 3.8) is 0 Å². The van der Waals surface area contributed by atoms with Crippen molar-refractivity contribution in [3.05, 3.63) is 65.3 Å². The van der Waals surface area contributed by atoms with E-state index in [1.54, 1.807) is 6.07 Å². The summed E-state index contributed by atoms with van der Waals surface area (Å²) in [6.45, 7) is 8.49. The number of fused-ring (bicyclic) bond motifs is 4. The van der Waals surface area contributed by atoms with E-state index < -0.39 is 0 Å². The van der Waals surface area contributed by atoms with Gasteiger partial charge in [-0.3, -0.25) is 4.79 Å². The summed E-state index contributed by atoms with van der Waals surface area (Å²) >= 11 is 0. The Balaban J connectivity index is 1.54. The maximum absolute atomic E-state index is 14.0. The van der Waals surface area contributed by atoms with Crippen molar-refractivity contribution in [2.24, 2.45) is 4.99 Å². The van der Waals surface area contributed by atoms with Crippen LogP contribution in [0.15, 0.2) is 59.1 Å². The Morgan fingerprint density at radius 2 is 1.79 bits per heavy atom. The SMILES string of the molecule is C=C1/C=C2/N=C(N3CCCC3)C=C(N(C)CCCCOc3ccc(CO)cc3C(=O)N3CCCCC13)N2C. The third-order valence-corrected chi connectivity index (χ3v) is 8.10. The van der Waals surface area contributed by atoms with Gasteiger partial charge in [0.15, 0.2) is 0 Å². The zero-order valence-corrected chi connectivity index (χ0v) is 22.9. The number of benzene rings is 1. The standard InChI is InChI=1S/C30H41N5O3/c1-22-18-27-31-28(34-14-6-7-15-34)20-29(33(27)3)32(2)13-8-9-17-38-26-12-11-23(21-36)19-24(26)30(37)35-16-5-4-10-25(22)35/h11-12,18-20,25,36H,1,4-10,13-17,21H2,2-3H3/b27-18-. The number of hydrogen-bond donors (Lipinski definition) is 1. The average molecular weight is 520 g/mol. The average Bonchev–Trinajstić information content (AvgIpc) is 3.48. The van der Waals surface area contributed by atoms with Crippen LogP contribution in [-0.4, -0.2) is 89.4 Å². The number of carbonyl (C=O) groups is 1. The number of amides is 1. The first kappa shape index (κ1) is 26.4. The summed E-state index contributed by atoms with van der Waals surface area (Å²) < 4.78 is 6.15. The Kier molecular flexibility index (Phi) is 8.07. The molecule has 4 heterocycles. The van der Waals surface area contributed by atoms with E-state index in [2.05, 4.69) is 47.5 Å². The molecule has 2 saturated heterocycles. The van der Waals surface area contributed by atoms with E-state index in [0.717, 1.165) is 74.8 Å². The van der Waals surface area contributed by atoms with Crippen LogP contribution in [0.1, 0.15) is 60.9 Å². The van der Waals surface area contributed by atoms with Gasteiger partial charge in [-0.2, -0.15) is 0 Å². The fourth-order valence-corrected chi connectivity index (χ4v) is 5.85. The van der Waals surface area contributed by atoms with Crippen LogP contribution < -0.4 is 4.74 Å². The second-order valence-electron chi connectivity index (χ2n) is 10.8. The number of aliphatic imine (C=N–C) groups is 1. The molecular weight excluding hydrogens is 478 g/mol. The van der Waals surface area contributed by atoms with E-state index in [-0.39, 0.29) is 18.6 Å². The zero-order chi connectivity index (χ0) is 26.6. The van der Waals surface area contributed by atoms with Crippen molar-refractivity contribution in [1.82, 2.24) is 19.6 Å². The quantitative estimate of drug-likeness (QED) is 0.606. The molecule has 4 aliphatic heterocycles. The zero-order valence-electron chi connectivity index (χ0n) is 22.9. The number of aliphatic hydroxyl groups is 1. The molecule has 2 fully saturated rings. The van der Waals surface area contributed by atoms with Gasteiger partial charge >= 0.3 is 0 Å². The first-order chi connectivity index (χ1) is 18.5. The van der Waals surface area contributed by atoms with Crippen molar-refractivity contribution >= 4 is 11.7 Å². The first-order valence-corrected chi connectivity index (χ1v) is 14.0. The fourth-order valence-electron chi connectivity index (χ4n) is 5.85. The number of rotatable bonds is 1. The van der Waals surface area contributed by atoms with Gasteiger partial charge in [0.05, 0.1) is 24.8 Å². The third kappa shape index (κ3) is 5.46. The van der Waals surface area contributed by atoms with Crippen LogP contribution in [0.2, 0.25) is 0 Å². The highest BCUT2D eigenvalue weighted by atomic mass is 16.5. The third-order valence-electron chi connectivity index (χ3n) is 8.10. The predicted octanol–water partition coefficient (Wildman–Crippen LogP) is 3.96. The highest BCUT2D eigenvalue weighted by Gasteiger charge is 2.32. The number of hydrogen-bond acceptors (Lipinski definition) is 7. The summed E-state index contributed by atoms with van der Waals surface area (Å²) in [6, 6.07) is 5.31. The maximum Gasteiger partial charge on any atom is 0.258 e. The van der Waals surface area contributed by atoms with Crippen LogP contribution in [0.25, 0.3) is 0 Å². The molecule has 5 rings (SSSR count). The topological polar surface area (TPSA) is 71.8 Å². The maximum atomic E-state index is 14.0. The number of piperidine rings is 1. The monoisotopic (exact) mass is 519 g/mol. The van der Waals surface area contributed by atoms with Crippen molar-refractivity contribution in [1.29, 1.82) is 0 Å². The van der Waals surface area contributed by atoms with Gasteiger partial charge in [-0.1, -0.05) is 12.6 Å². The summed E-state index contributed by atoms with van der Waals surface area (Å²) in [7, 11) is 4.20. The molecule has 0 saturated carbocycles. The lowest BCUT2D eigenvalue weighted by molar-refractivity contribution is 0.0651. The summed E-state index contributed by atoms with van der Waals surface area (Å²) in [5.74, 6) is 3.50. The van der Waals surface area contributed by atoms with Crippen LogP contribution in [-0.2, 0) is 6.61 Å². The summed E-state index contributed by atoms with van der Waals surface area (Å²) in [5.41, 5.74) is 2.11. The smallest absolute Gasteiger partial charge is 0.258 e. The Hall–Kier alpha value is -3.26. The lowest BCUT2D eigenvalue weighted by atomic mass is 9.94. The van der Waals surface area contributed by atoms with Crippen LogP contribution in [0.5, 0.6) is 5.75 Å². The molecule has 0 radical (unpaired) electrons. The minimum atomic E-state index is -0.117. The summed E-state index contributed by atoms with van der Waals surface area (Å²) in [6.07, 6.45) is 11.3. The second-order valence-corrected chi connectivity index (χ2v) is 10.8. The molecule has 0 spiro atoms. The number of carbonyl (C=O) groups excluding carboxylic acids is 1. The molecule has 1 unspecified atom stereocenters. The largest absolute Gasteiger partial charge is 0.493 e. The summed E-state index contributed by atoms with van der Waals surface area (Å²) in [5, 5.41) is 9.75. The first-order valence-electron chi connectivity index (χ1n) is 14.0. The van der Waals surface area contributed by atoms with Gasteiger partial charge in [-0.05, 0) is 74.3 Å². The van der Waals surface area contributed by atoms with Gasteiger partial charge in [-0.25, -0.2) is 4.99 Å². The Labute approximate surface area is 226 Å². The van der Waals surface area contributed by atoms with Crippen molar-refractivity contribution in [2.75, 3.05) is 46.9 Å². The molecule has 2 bridgehead atoms. The molecule has 1 amide bonds. The Morgan fingerprint density at radius 3 is 2.58 bits per heavy atom. The minimum absolute atomic E-state index is 0.0646. The van der Waals surface area contributed by atoms with Gasteiger partial charge in [-0.15, -0.1) is 0 Å². The van der Waals surface area contributed by atoms with E-state index in [4.69, 9.17) is 9.73 Å². The molecular formula is C30H41N5O3. The van der Waals surface area contributed by atoms with Gasteiger partial charge in [0.1, 0.15) is 23.2 Å². The number of ether oxygens (including phenoxy) is 1. The van der Waals surface area contributed by atoms with Crippen molar-refractivity contribution in [3.8, 4) is 5.75 Å². The molecule has 4 aliphatic rings. The van der Waals surface area contributed by atoms with Crippen LogP contribution in [0.4, 0.5) is 0 Å². The number of aliphatic hydroxyl groups excluding tert-OH is 1. The van der Waals surface area contributed by atoms with Crippen molar-refractivity contribution < 1.29 is 14.6 Å². The van der Waals surface area contributed by atoms with Gasteiger partial charge in [0.2, 0.25) is 0 Å². The van der Waals surface area contributed by atoms with Gasteiger partial charge in [0.25, 0.3) is 5.91 Å². The fraction of sp³-hybridized carbons (Fsp3) is 0.533. The van der Waals surface area contributed by atoms with E-state index in [9.17, 15) is 9.90 Å². The molecule has 1 aromatic rings. The highest BCUT2D eigenvalue weighted by molar-refractivity contribution is 5.98. The molecule has 38 heavy (non-hydrogen) atoms. The van der Waals surface area contributed by atoms with Crippen LogP contribution in [0.3, 0.4) is 0 Å². The van der Waals surface area contributed by atoms with E-state index in [1.165, 1.54) is 12.8 Å². The number of nitrogens with zero attached hydrogens (tertiary/aromatic N) is 5. The van der Waals surface area contributed by atoms with E-state index in [1.807, 2.05) is 17.0 Å². The Bertz CT molecular complexity index is 1150. The molecule has 1 N–H and O–H groups in total. The van der Waals surface area contributed by atoms with Crippen LogP contribution in [0, 0.1) is 0 Å². The number of amidine groups is 1. The second kappa shape index (κ2) is 11.6. The van der Waals surface area contributed by atoms with Crippen molar-refractivity contribution in [2.45, 2.75) is 57.6 Å². The predicted molar refractivity (Wildman–Crippen MR) is 150 cm³/mol. The lowest BCUT2D eigenvalue weighted by Crippen LogP contribution is -2.44. The molecule has 204 valence electrons. The minimum Gasteiger partial charge on any atom is -0.493 e.